The molecule has 1 atom stereocenters. The van der Waals surface area contributed by atoms with Crippen LogP contribution in [0.5, 0.6) is 0 Å². The van der Waals surface area contributed by atoms with E-state index in [9.17, 15) is 9.18 Å². The summed E-state index contributed by atoms with van der Waals surface area (Å²) in [6.45, 7) is 4.64. The molecule has 2 aromatic carbocycles. The smallest absolute Gasteiger partial charge is 0.255 e. The Morgan fingerprint density at radius 2 is 1.66 bits per heavy atom. The van der Waals surface area contributed by atoms with E-state index >= 15 is 0 Å². The molecular weight excluding hydrogens is 365 g/mol. The van der Waals surface area contributed by atoms with Crippen molar-refractivity contribution in [2.24, 2.45) is 0 Å². The number of carbonyl (C=O) groups excluding carboxylic acids is 1. The van der Waals surface area contributed by atoms with Crippen LogP contribution in [0.15, 0.2) is 73.1 Å². The lowest BCUT2D eigenvalue weighted by Gasteiger charge is -2.39. The largest absolute Gasteiger partial charge is 0.336 e. The third kappa shape index (κ3) is 4.35. The van der Waals surface area contributed by atoms with E-state index in [0.29, 0.717) is 18.7 Å². The second-order valence-electron chi connectivity index (χ2n) is 7.45. The molecule has 1 unspecified atom stereocenters. The van der Waals surface area contributed by atoms with Crippen molar-refractivity contribution in [1.29, 1.82) is 0 Å². The van der Waals surface area contributed by atoms with E-state index in [1.54, 1.807) is 24.5 Å². The molecule has 1 fully saturated rings. The Hall–Kier alpha value is -3.05. The number of benzene rings is 2. The summed E-state index contributed by atoms with van der Waals surface area (Å²) in [4.78, 5) is 21.2. The number of nitrogens with zero attached hydrogens (tertiary/aromatic N) is 3. The van der Waals surface area contributed by atoms with Gasteiger partial charge in [-0.15, -0.1) is 0 Å². The molecule has 5 heteroatoms. The molecule has 1 amide bonds. The third-order valence-corrected chi connectivity index (χ3v) is 5.37. The zero-order valence-electron chi connectivity index (χ0n) is 16.5. The van der Waals surface area contributed by atoms with Gasteiger partial charge in [-0.05, 0) is 41.8 Å². The fraction of sp³-hybridized carbons (Fsp3) is 0.250. The van der Waals surface area contributed by atoms with Crippen LogP contribution in [0.1, 0.15) is 33.1 Å². The normalized spacial score (nSPS) is 15.9. The molecule has 3 aromatic rings. The lowest BCUT2D eigenvalue weighted by molar-refractivity contribution is 0.0597. The zero-order chi connectivity index (χ0) is 20.2. The Morgan fingerprint density at radius 1 is 0.931 bits per heavy atom. The molecule has 1 aliphatic rings. The van der Waals surface area contributed by atoms with Crippen molar-refractivity contribution >= 4 is 5.91 Å². The van der Waals surface area contributed by atoms with E-state index < -0.39 is 0 Å². The minimum absolute atomic E-state index is 0.0165. The number of amides is 1. The first-order valence-electron chi connectivity index (χ1n) is 9.87. The second-order valence-corrected chi connectivity index (χ2v) is 7.45. The molecule has 1 saturated heterocycles. The number of halogens is 1. The first kappa shape index (κ1) is 19.3. The molecule has 148 valence electrons. The summed E-state index contributed by atoms with van der Waals surface area (Å²) >= 11 is 0. The highest BCUT2D eigenvalue weighted by atomic mass is 19.1. The van der Waals surface area contributed by atoms with Crippen LogP contribution in [0, 0.1) is 12.7 Å². The maximum Gasteiger partial charge on any atom is 0.255 e. The number of hydrogen-bond acceptors (Lipinski definition) is 3. The molecule has 0 radical (unpaired) electrons. The maximum atomic E-state index is 13.9. The average molecular weight is 389 g/mol. The molecule has 0 saturated carbocycles. The third-order valence-electron chi connectivity index (χ3n) is 5.37. The van der Waals surface area contributed by atoms with Crippen LogP contribution < -0.4 is 0 Å². The average Bonchev–Trinajstić information content (AvgIpc) is 2.75. The van der Waals surface area contributed by atoms with Gasteiger partial charge in [0.25, 0.3) is 5.91 Å². The molecule has 29 heavy (non-hydrogen) atoms. The summed E-state index contributed by atoms with van der Waals surface area (Å²) in [7, 11) is 0. The van der Waals surface area contributed by atoms with E-state index in [1.807, 2.05) is 42.2 Å². The van der Waals surface area contributed by atoms with Crippen LogP contribution in [0.2, 0.25) is 0 Å². The van der Waals surface area contributed by atoms with Crippen molar-refractivity contribution in [1.82, 2.24) is 14.8 Å². The molecule has 4 rings (SSSR count). The highest BCUT2D eigenvalue weighted by Gasteiger charge is 2.28. The van der Waals surface area contributed by atoms with Crippen molar-refractivity contribution in [3.05, 3.63) is 101 Å². The van der Waals surface area contributed by atoms with Gasteiger partial charge in [0.1, 0.15) is 5.82 Å². The van der Waals surface area contributed by atoms with Crippen molar-refractivity contribution in [2.75, 3.05) is 26.2 Å². The first-order chi connectivity index (χ1) is 14.1. The van der Waals surface area contributed by atoms with E-state index in [2.05, 4.69) is 22.0 Å². The van der Waals surface area contributed by atoms with Crippen LogP contribution in [0.3, 0.4) is 0 Å². The highest BCUT2D eigenvalue weighted by molar-refractivity contribution is 5.94. The number of carbonyl (C=O) groups is 1. The monoisotopic (exact) mass is 389 g/mol. The van der Waals surface area contributed by atoms with Crippen molar-refractivity contribution in [2.45, 2.75) is 13.0 Å². The number of pyridine rings is 1. The summed E-state index contributed by atoms with van der Waals surface area (Å²) in [5.41, 5.74) is 3.66. The van der Waals surface area contributed by atoms with Gasteiger partial charge in [0.2, 0.25) is 0 Å². The van der Waals surface area contributed by atoms with Gasteiger partial charge in [0.15, 0.2) is 0 Å². The molecule has 1 aromatic heterocycles. The van der Waals surface area contributed by atoms with E-state index in [1.165, 1.54) is 6.07 Å². The Bertz CT molecular complexity index is 984. The minimum atomic E-state index is -0.232. The summed E-state index contributed by atoms with van der Waals surface area (Å²) in [5, 5.41) is 0. The standard InChI is InChI=1S/C24H24FN3O/c1-18-14-21(17-26-16-18)24(29)28-12-10-27(11-13-28)23(19-6-3-2-4-7-19)20-8-5-9-22(25)15-20/h2-9,14-17,23H,10-13H2,1H3. The molecule has 0 aliphatic carbocycles. The number of hydrogen-bond donors (Lipinski definition) is 0. The molecule has 4 nitrogen and oxygen atoms in total. The Labute approximate surface area is 170 Å². The molecular formula is C24H24FN3O. The number of aromatic nitrogens is 1. The summed E-state index contributed by atoms with van der Waals surface area (Å²) in [5.74, 6) is -0.216. The Kier molecular flexibility index (Phi) is 5.67. The Balaban J connectivity index is 1.53. The Morgan fingerprint density at radius 3 is 2.34 bits per heavy atom. The van der Waals surface area contributed by atoms with Crippen molar-refractivity contribution < 1.29 is 9.18 Å². The highest BCUT2D eigenvalue weighted by Crippen LogP contribution is 2.30. The lowest BCUT2D eigenvalue weighted by Crippen LogP contribution is -2.49. The minimum Gasteiger partial charge on any atom is -0.336 e. The SMILES string of the molecule is Cc1cncc(C(=O)N2CCN(C(c3ccccc3)c3cccc(F)c3)CC2)c1. The van der Waals surface area contributed by atoms with Gasteiger partial charge in [0, 0.05) is 38.6 Å². The fourth-order valence-electron chi connectivity index (χ4n) is 3.96. The van der Waals surface area contributed by atoms with Gasteiger partial charge in [-0.2, -0.15) is 0 Å². The predicted octanol–water partition coefficient (Wildman–Crippen LogP) is 4.08. The van der Waals surface area contributed by atoms with Gasteiger partial charge >= 0.3 is 0 Å². The van der Waals surface area contributed by atoms with Gasteiger partial charge in [-0.3, -0.25) is 14.7 Å². The van der Waals surface area contributed by atoms with Crippen LogP contribution in [-0.2, 0) is 0 Å². The van der Waals surface area contributed by atoms with E-state index in [0.717, 1.165) is 29.8 Å². The molecule has 0 bridgehead atoms. The lowest BCUT2D eigenvalue weighted by atomic mass is 9.96. The van der Waals surface area contributed by atoms with Gasteiger partial charge in [0.05, 0.1) is 11.6 Å². The van der Waals surface area contributed by atoms with Crippen LogP contribution in [-0.4, -0.2) is 46.9 Å². The number of aryl methyl sites for hydroxylation is 1. The van der Waals surface area contributed by atoms with E-state index in [-0.39, 0.29) is 17.8 Å². The summed E-state index contributed by atoms with van der Waals surface area (Å²) in [6, 6.07) is 18.8. The van der Waals surface area contributed by atoms with Crippen LogP contribution in [0.4, 0.5) is 4.39 Å². The van der Waals surface area contributed by atoms with Crippen LogP contribution >= 0.6 is 0 Å². The topological polar surface area (TPSA) is 36.4 Å². The quantitative estimate of drug-likeness (QED) is 0.675. The fourth-order valence-corrected chi connectivity index (χ4v) is 3.96. The predicted molar refractivity (Wildman–Crippen MR) is 111 cm³/mol. The molecule has 1 aliphatic heterocycles. The van der Waals surface area contributed by atoms with Crippen molar-refractivity contribution in [3.8, 4) is 0 Å². The molecule has 0 N–H and O–H groups in total. The van der Waals surface area contributed by atoms with Gasteiger partial charge < -0.3 is 4.90 Å². The summed E-state index contributed by atoms with van der Waals surface area (Å²) < 4.78 is 13.9. The summed E-state index contributed by atoms with van der Waals surface area (Å²) in [6.07, 6.45) is 3.37. The number of rotatable bonds is 4. The number of piperazine rings is 1. The first-order valence-corrected chi connectivity index (χ1v) is 9.87. The van der Waals surface area contributed by atoms with Gasteiger partial charge in [-0.25, -0.2) is 4.39 Å². The maximum absolute atomic E-state index is 13.9. The van der Waals surface area contributed by atoms with Crippen LogP contribution in [0.25, 0.3) is 0 Å². The zero-order valence-corrected chi connectivity index (χ0v) is 16.5. The molecule has 0 spiro atoms. The van der Waals surface area contributed by atoms with E-state index in [4.69, 9.17) is 0 Å². The van der Waals surface area contributed by atoms with Crippen molar-refractivity contribution in [3.63, 3.8) is 0 Å². The molecule has 2 heterocycles. The van der Waals surface area contributed by atoms with Gasteiger partial charge in [-0.1, -0.05) is 42.5 Å². The second kappa shape index (κ2) is 8.53.